The van der Waals surface area contributed by atoms with Crippen LogP contribution in [-0.4, -0.2) is 129 Å². The molecule has 2 aliphatic heterocycles. The molecule has 2 unspecified atom stereocenters. The second kappa shape index (κ2) is 17.8. The number of benzene rings is 1. The van der Waals surface area contributed by atoms with Crippen molar-refractivity contribution in [2.24, 2.45) is 5.16 Å². The van der Waals surface area contributed by atoms with Crippen LogP contribution in [0.15, 0.2) is 28.7 Å². The second-order valence-corrected chi connectivity index (χ2v) is 20.5. The molecule has 22 nitrogen and oxygen atoms in total. The molecule has 2 fully saturated rings. The summed E-state index contributed by atoms with van der Waals surface area (Å²) in [5.74, 6) is -2.68. The highest BCUT2D eigenvalue weighted by atomic mass is 32.3. The highest BCUT2D eigenvalue weighted by Gasteiger charge is 2.58. The summed E-state index contributed by atoms with van der Waals surface area (Å²) in [7, 11) is -5.09. The van der Waals surface area contributed by atoms with Crippen molar-refractivity contribution < 1.29 is 65.0 Å². The van der Waals surface area contributed by atoms with E-state index < -0.39 is 81.1 Å². The number of hydrogen-bond donors (Lipinski definition) is 4. The van der Waals surface area contributed by atoms with E-state index >= 15 is 0 Å². The number of fused-ring (bicyclic) bond motifs is 1. The minimum atomic E-state index is -5.09. The van der Waals surface area contributed by atoms with Crippen molar-refractivity contribution in [1.29, 1.82) is 0 Å². The van der Waals surface area contributed by atoms with E-state index in [9.17, 15) is 32.4 Å². The van der Waals surface area contributed by atoms with Gasteiger partial charge >= 0.3 is 28.6 Å². The fourth-order valence-corrected chi connectivity index (χ4v) is 7.63. The highest BCUT2D eigenvalue weighted by Crippen LogP contribution is 2.34. The zero-order chi connectivity index (χ0) is 46.2. The lowest BCUT2D eigenvalue weighted by atomic mass is 9.84. The smallest absolute Gasteiger partial charge is 0.418 e. The van der Waals surface area contributed by atoms with Gasteiger partial charge < -0.3 is 39.3 Å². The van der Waals surface area contributed by atoms with Crippen LogP contribution < -0.4 is 20.7 Å². The summed E-state index contributed by atoms with van der Waals surface area (Å²) in [6, 6.07) is 3.64. The molecule has 0 aliphatic carbocycles. The number of β-lactam (4-membered cyclic amide) rings is 1. The molecule has 5 rings (SSSR count). The van der Waals surface area contributed by atoms with Gasteiger partial charge in [-0.1, -0.05) is 16.5 Å². The Bertz CT molecular complexity index is 2340. The quantitative estimate of drug-likeness (QED) is 0.0433. The number of aromatic nitrogens is 2. The van der Waals surface area contributed by atoms with Crippen molar-refractivity contribution in [1.82, 2.24) is 25.2 Å². The van der Waals surface area contributed by atoms with Crippen molar-refractivity contribution in [3.63, 3.8) is 0 Å². The monoisotopic (exact) mass is 926 g/mol. The predicted molar refractivity (Wildman–Crippen MR) is 225 cm³/mol. The minimum Gasteiger partial charge on any atom is -0.489 e. The lowest BCUT2D eigenvalue weighted by Crippen LogP contribution is -2.76. The molecular weight excluding hydrogens is 877 g/mol. The summed E-state index contributed by atoms with van der Waals surface area (Å²) in [6.45, 7) is 18.4. The Balaban J connectivity index is 1.34. The van der Waals surface area contributed by atoms with Crippen LogP contribution in [0.4, 0.5) is 19.9 Å². The third-order valence-electron chi connectivity index (χ3n) is 8.25. The van der Waals surface area contributed by atoms with Crippen molar-refractivity contribution >= 4 is 89.2 Å². The third-order valence-corrected chi connectivity index (χ3v) is 10.3. The summed E-state index contributed by atoms with van der Waals surface area (Å²) in [5.41, 5.74) is -4.00. The number of carbonyl (C=O) groups excluding carboxylic acids is 5. The standard InChI is InChI=1S/C37H50N8O14S3/c1-34(2,3)55-29(48)23(17-54-20-12-13-21-24(14-20)61-31(39-21)38-19-15-44(16-19)33(50)57-36(7,8)9)58-43-25(22-18-60-30(40-22)42-32(49)56-35(4,5)6)27(46)41-26-28(47)45(37(26,10)11)59-62(51,52)53/h12-14,18-19,23,26H,15-17H2,1-11H3,(H,38,39)(H,41,46)(H,40,42,49)(H,51,52,53)/b43-25-. The number of ether oxygens (including phenoxy) is 4. The first-order valence-corrected chi connectivity index (χ1v) is 22.0. The number of amides is 4. The number of hydroxylamine groups is 2. The summed E-state index contributed by atoms with van der Waals surface area (Å²) >= 11 is 2.24. The molecule has 4 N–H and O–H groups in total. The fraction of sp³-hybridized carbons (Fsp3) is 0.568. The Morgan fingerprint density at radius 2 is 1.61 bits per heavy atom. The average Bonchev–Trinajstić information content (AvgIpc) is 3.72. The summed E-state index contributed by atoms with van der Waals surface area (Å²) in [5, 5.41) is 14.5. The molecule has 4 heterocycles. The van der Waals surface area contributed by atoms with Crippen molar-refractivity contribution in [2.75, 3.05) is 30.3 Å². The molecule has 340 valence electrons. The van der Waals surface area contributed by atoms with Gasteiger partial charge in [0.05, 0.1) is 21.8 Å². The topological polar surface area (TPSA) is 276 Å². The maximum Gasteiger partial charge on any atom is 0.418 e. The number of carbonyl (C=O) groups is 5. The largest absolute Gasteiger partial charge is 0.489 e. The van der Waals surface area contributed by atoms with Gasteiger partial charge in [-0.15, -0.1) is 15.6 Å². The molecule has 0 bridgehead atoms. The Morgan fingerprint density at radius 1 is 0.968 bits per heavy atom. The molecule has 0 spiro atoms. The van der Waals surface area contributed by atoms with Gasteiger partial charge in [0.15, 0.2) is 16.0 Å². The number of oxime groups is 1. The van der Waals surface area contributed by atoms with Crippen molar-refractivity contribution in [2.45, 2.75) is 117 Å². The van der Waals surface area contributed by atoms with Crippen LogP contribution in [0.5, 0.6) is 5.75 Å². The molecule has 0 saturated carbocycles. The molecule has 2 atom stereocenters. The number of rotatable bonds is 14. The fourth-order valence-electron chi connectivity index (χ4n) is 5.53. The number of nitrogens with zero attached hydrogens (tertiary/aromatic N) is 5. The lowest BCUT2D eigenvalue weighted by Gasteiger charge is -2.50. The van der Waals surface area contributed by atoms with E-state index in [0.717, 1.165) is 16.0 Å². The van der Waals surface area contributed by atoms with Gasteiger partial charge in [0.25, 0.3) is 17.9 Å². The van der Waals surface area contributed by atoms with Crippen LogP contribution in [0.2, 0.25) is 0 Å². The van der Waals surface area contributed by atoms with E-state index in [0.29, 0.717) is 34.6 Å². The van der Waals surface area contributed by atoms with E-state index in [4.69, 9.17) is 28.3 Å². The zero-order valence-electron chi connectivity index (χ0n) is 35.9. The number of hydrogen-bond acceptors (Lipinski definition) is 19. The number of esters is 1. The molecule has 0 radical (unpaired) electrons. The van der Waals surface area contributed by atoms with Crippen LogP contribution in [0.25, 0.3) is 10.2 Å². The predicted octanol–water partition coefficient (Wildman–Crippen LogP) is 4.48. The molecular formula is C37H50N8O14S3. The SMILES string of the molecule is CC(C)(C)OC(=O)Nc1nc(/C(=N/OC(COc2ccc3nc(NC4CN(C(=O)OC(C)(C)C)C4)sc3c2)C(=O)OC(C)(C)C)C(=O)NC2C(=O)N(OS(=O)(=O)O)C2(C)C)cs1. The average molecular weight is 927 g/mol. The molecule has 3 aromatic rings. The Kier molecular flexibility index (Phi) is 13.7. The van der Waals surface area contributed by atoms with Crippen molar-refractivity contribution in [3.05, 3.63) is 29.3 Å². The van der Waals surface area contributed by atoms with Gasteiger partial charge in [-0.2, -0.15) is 13.5 Å². The van der Waals surface area contributed by atoms with Gasteiger partial charge in [-0.25, -0.2) is 24.4 Å². The summed E-state index contributed by atoms with van der Waals surface area (Å²) < 4.78 is 59.2. The normalized spacial score (nSPS) is 17.6. The Hall–Kier alpha value is -5.37. The summed E-state index contributed by atoms with van der Waals surface area (Å²) in [4.78, 5) is 81.1. The van der Waals surface area contributed by atoms with Gasteiger partial charge in [0.1, 0.15) is 40.9 Å². The zero-order valence-corrected chi connectivity index (χ0v) is 38.3. The molecule has 25 heteroatoms. The molecule has 4 amide bonds. The van der Waals surface area contributed by atoms with Crippen LogP contribution in [-0.2, 0) is 48.1 Å². The van der Waals surface area contributed by atoms with E-state index in [2.05, 4.69) is 35.4 Å². The van der Waals surface area contributed by atoms with Gasteiger partial charge in [0, 0.05) is 18.5 Å². The summed E-state index contributed by atoms with van der Waals surface area (Å²) in [6.07, 6.45) is -2.81. The number of likely N-dealkylation sites (tertiary alicyclic amines) is 1. The van der Waals surface area contributed by atoms with Crippen LogP contribution in [0.1, 0.15) is 81.9 Å². The molecule has 2 aromatic heterocycles. The van der Waals surface area contributed by atoms with Crippen molar-refractivity contribution in [3.8, 4) is 5.75 Å². The third kappa shape index (κ3) is 12.8. The molecule has 2 saturated heterocycles. The number of nitrogens with one attached hydrogen (secondary N) is 3. The highest BCUT2D eigenvalue weighted by molar-refractivity contribution is 7.80. The van der Waals surface area contributed by atoms with E-state index in [1.807, 2.05) is 0 Å². The van der Waals surface area contributed by atoms with Gasteiger partial charge in [-0.3, -0.25) is 19.5 Å². The Morgan fingerprint density at radius 3 is 2.21 bits per heavy atom. The molecule has 1 aromatic carbocycles. The maximum absolute atomic E-state index is 13.9. The molecule has 62 heavy (non-hydrogen) atoms. The van der Waals surface area contributed by atoms with Gasteiger partial charge in [0.2, 0.25) is 0 Å². The first-order chi connectivity index (χ1) is 28.5. The van der Waals surface area contributed by atoms with Gasteiger partial charge in [-0.05, 0) is 94.4 Å². The maximum atomic E-state index is 13.9. The van der Waals surface area contributed by atoms with E-state index in [-0.39, 0.29) is 23.0 Å². The molecule has 2 aliphatic rings. The second-order valence-electron chi connectivity index (χ2n) is 17.6. The van der Waals surface area contributed by atoms with Crippen LogP contribution >= 0.6 is 22.7 Å². The van der Waals surface area contributed by atoms with Crippen LogP contribution in [0.3, 0.4) is 0 Å². The number of thiazole rings is 2. The first-order valence-electron chi connectivity index (χ1n) is 19.0. The first kappa shape index (κ1) is 47.7. The minimum absolute atomic E-state index is 0.0122. The van der Waals surface area contributed by atoms with E-state index in [1.165, 1.54) is 30.6 Å². The number of anilines is 2. The van der Waals surface area contributed by atoms with E-state index in [1.54, 1.807) is 85.4 Å². The Labute approximate surface area is 365 Å². The van der Waals surface area contributed by atoms with Crippen LogP contribution in [0, 0.1) is 0 Å². The lowest BCUT2D eigenvalue weighted by molar-refractivity contribution is -0.218.